The monoisotopic (exact) mass is 325 g/mol. The molecule has 2 aromatic heterocycles. The molecule has 4 rings (SSSR count). The zero-order valence-electron chi connectivity index (χ0n) is 12.6. The van der Waals surface area contributed by atoms with E-state index in [4.69, 9.17) is 0 Å². The lowest BCUT2D eigenvalue weighted by Crippen LogP contribution is -2.15. The minimum absolute atomic E-state index is 0.250. The van der Waals surface area contributed by atoms with Crippen LogP contribution in [0.2, 0.25) is 0 Å². The van der Waals surface area contributed by atoms with Crippen molar-refractivity contribution in [3.63, 3.8) is 0 Å². The summed E-state index contributed by atoms with van der Waals surface area (Å²) in [7, 11) is 0. The second-order valence-corrected chi connectivity index (χ2v) is 6.53. The Morgan fingerprint density at radius 3 is 2.74 bits per heavy atom. The predicted octanol–water partition coefficient (Wildman–Crippen LogP) is 3.16. The molecule has 2 heterocycles. The van der Waals surface area contributed by atoms with Gasteiger partial charge in [-0.15, -0.1) is 16.4 Å². The van der Waals surface area contributed by atoms with E-state index in [0.717, 1.165) is 24.2 Å². The number of nitrogens with one attached hydrogen (secondary N) is 1. The van der Waals surface area contributed by atoms with Crippen molar-refractivity contribution < 1.29 is 4.79 Å². The highest BCUT2D eigenvalue weighted by molar-refractivity contribution is 7.13. The minimum atomic E-state index is -0.250. The fourth-order valence-corrected chi connectivity index (χ4v) is 3.02. The van der Waals surface area contributed by atoms with Crippen LogP contribution in [0.3, 0.4) is 0 Å². The summed E-state index contributed by atoms with van der Waals surface area (Å²) in [5, 5.41) is 13.5. The number of benzene rings is 1. The van der Waals surface area contributed by atoms with E-state index >= 15 is 0 Å². The van der Waals surface area contributed by atoms with Crippen molar-refractivity contribution in [2.75, 3.05) is 5.32 Å². The van der Waals surface area contributed by atoms with Gasteiger partial charge >= 0.3 is 0 Å². The average molecular weight is 325 g/mol. The van der Waals surface area contributed by atoms with Gasteiger partial charge in [-0.05, 0) is 31.9 Å². The van der Waals surface area contributed by atoms with Gasteiger partial charge in [0.2, 0.25) is 0 Å². The zero-order valence-corrected chi connectivity index (χ0v) is 13.4. The second-order valence-electron chi connectivity index (χ2n) is 5.64. The molecule has 1 saturated carbocycles. The van der Waals surface area contributed by atoms with Crippen molar-refractivity contribution in [2.45, 2.75) is 25.7 Å². The van der Waals surface area contributed by atoms with Crippen LogP contribution in [0.1, 0.15) is 40.5 Å². The van der Waals surface area contributed by atoms with Gasteiger partial charge in [-0.1, -0.05) is 22.9 Å². The first-order valence-corrected chi connectivity index (χ1v) is 8.34. The molecule has 1 amide bonds. The standard InChI is InChI=1S/C16H15N5OS/c1-10-2-6-12(7-3-10)21-14(11-4-5-11)13(19-20-21)15(22)18-16-17-8-9-23-16/h2-3,6-9,11H,4-5H2,1H3,(H,17,18,22). The number of aryl methyl sites for hydroxylation is 1. The van der Waals surface area contributed by atoms with E-state index in [9.17, 15) is 4.79 Å². The van der Waals surface area contributed by atoms with E-state index in [1.54, 1.807) is 10.9 Å². The van der Waals surface area contributed by atoms with E-state index in [2.05, 4.69) is 20.6 Å². The van der Waals surface area contributed by atoms with Gasteiger partial charge in [0.25, 0.3) is 5.91 Å². The maximum Gasteiger partial charge on any atom is 0.279 e. The highest BCUT2D eigenvalue weighted by Crippen LogP contribution is 2.42. The van der Waals surface area contributed by atoms with Gasteiger partial charge in [0.05, 0.1) is 11.4 Å². The van der Waals surface area contributed by atoms with E-state index in [1.165, 1.54) is 16.9 Å². The number of hydrogen-bond acceptors (Lipinski definition) is 5. The lowest BCUT2D eigenvalue weighted by atomic mass is 10.2. The fourth-order valence-electron chi connectivity index (χ4n) is 2.49. The van der Waals surface area contributed by atoms with Crippen LogP contribution in [-0.4, -0.2) is 25.9 Å². The molecule has 0 spiro atoms. The molecule has 0 unspecified atom stereocenters. The third kappa shape index (κ3) is 2.75. The Morgan fingerprint density at radius 1 is 1.30 bits per heavy atom. The van der Waals surface area contributed by atoms with Gasteiger partial charge in [0.1, 0.15) is 0 Å². The predicted molar refractivity (Wildman–Crippen MR) is 88.1 cm³/mol. The number of carbonyl (C=O) groups is 1. The van der Waals surface area contributed by atoms with Crippen LogP contribution in [0.15, 0.2) is 35.8 Å². The lowest BCUT2D eigenvalue weighted by Gasteiger charge is -2.07. The number of nitrogens with zero attached hydrogens (tertiary/aromatic N) is 4. The molecule has 0 radical (unpaired) electrons. The molecule has 0 aliphatic heterocycles. The van der Waals surface area contributed by atoms with Crippen molar-refractivity contribution in [3.8, 4) is 5.69 Å². The number of thiazole rings is 1. The maximum atomic E-state index is 12.5. The molecule has 1 aliphatic rings. The van der Waals surface area contributed by atoms with E-state index in [0.29, 0.717) is 16.7 Å². The van der Waals surface area contributed by atoms with Crippen LogP contribution in [0, 0.1) is 6.92 Å². The van der Waals surface area contributed by atoms with Gasteiger partial charge in [-0.25, -0.2) is 9.67 Å². The Morgan fingerprint density at radius 2 is 2.09 bits per heavy atom. The third-order valence-corrected chi connectivity index (χ3v) is 4.50. The van der Waals surface area contributed by atoms with Crippen molar-refractivity contribution in [1.29, 1.82) is 0 Å². The molecule has 3 aromatic rings. The minimum Gasteiger partial charge on any atom is -0.296 e. The second kappa shape index (κ2) is 5.58. The summed E-state index contributed by atoms with van der Waals surface area (Å²) in [6, 6.07) is 8.06. The van der Waals surface area contributed by atoms with E-state index in [1.807, 2.05) is 36.6 Å². The molecule has 1 N–H and O–H groups in total. The normalized spacial score (nSPS) is 14.0. The molecule has 1 aromatic carbocycles. The lowest BCUT2D eigenvalue weighted by molar-refractivity contribution is 0.102. The summed E-state index contributed by atoms with van der Waals surface area (Å²) in [5.74, 6) is 0.101. The van der Waals surface area contributed by atoms with Crippen molar-refractivity contribution in [1.82, 2.24) is 20.0 Å². The molecule has 116 valence electrons. The van der Waals surface area contributed by atoms with Crippen molar-refractivity contribution in [3.05, 3.63) is 52.8 Å². The van der Waals surface area contributed by atoms with Crippen molar-refractivity contribution in [2.24, 2.45) is 0 Å². The number of carbonyl (C=O) groups excluding carboxylic acids is 1. The van der Waals surface area contributed by atoms with Gasteiger partial charge < -0.3 is 0 Å². The summed E-state index contributed by atoms with van der Waals surface area (Å²) < 4.78 is 1.79. The first-order valence-electron chi connectivity index (χ1n) is 7.46. The Kier molecular flexibility index (Phi) is 3.42. The quantitative estimate of drug-likeness (QED) is 0.799. The fraction of sp³-hybridized carbons (Fsp3) is 0.250. The summed E-state index contributed by atoms with van der Waals surface area (Å²) in [5.41, 5.74) is 3.40. The highest BCUT2D eigenvalue weighted by Gasteiger charge is 2.34. The Hall–Kier alpha value is -2.54. The van der Waals surface area contributed by atoms with Gasteiger partial charge in [0, 0.05) is 17.5 Å². The smallest absolute Gasteiger partial charge is 0.279 e. The van der Waals surface area contributed by atoms with E-state index in [-0.39, 0.29) is 5.91 Å². The molecule has 6 nitrogen and oxygen atoms in total. The summed E-state index contributed by atoms with van der Waals surface area (Å²) in [6.45, 7) is 2.04. The van der Waals surface area contributed by atoms with Crippen LogP contribution in [0.5, 0.6) is 0 Å². The van der Waals surface area contributed by atoms with Crippen molar-refractivity contribution >= 4 is 22.4 Å². The number of anilines is 1. The zero-order chi connectivity index (χ0) is 15.8. The van der Waals surface area contributed by atoms with Crippen LogP contribution in [-0.2, 0) is 0 Å². The van der Waals surface area contributed by atoms with E-state index < -0.39 is 0 Å². The molecule has 7 heteroatoms. The number of amides is 1. The third-order valence-electron chi connectivity index (χ3n) is 3.82. The molecule has 0 saturated heterocycles. The summed E-state index contributed by atoms with van der Waals surface area (Å²) in [6.07, 6.45) is 3.79. The number of hydrogen-bond donors (Lipinski definition) is 1. The topological polar surface area (TPSA) is 72.7 Å². The molecule has 0 atom stereocenters. The summed E-state index contributed by atoms with van der Waals surface area (Å²) in [4.78, 5) is 16.6. The number of rotatable bonds is 4. The molecule has 1 fully saturated rings. The first kappa shape index (κ1) is 14.1. The highest BCUT2D eigenvalue weighted by atomic mass is 32.1. The first-order chi connectivity index (χ1) is 11.2. The van der Waals surface area contributed by atoms with Crippen LogP contribution in [0.25, 0.3) is 5.69 Å². The molecular weight excluding hydrogens is 310 g/mol. The number of aromatic nitrogens is 4. The molecular formula is C16H15N5OS. The summed E-state index contributed by atoms with van der Waals surface area (Å²) >= 11 is 1.38. The van der Waals surface area contributed by atoms with Gasteiger partial charge in [-0.2, -0.15) is 0 Å². The van der Waals surface area contributed by atoms with Gasteiger partial charge in [-0.3, -0.25) is 10.1 Å². The molecule has 1 aliphatic carbocycles. The Balaban J connectivity index is 1.70. The SMILES string of the molecule is Cc1ccc(-n2nnc(C(=O)Nc3nccs3)c2C2CC2)cc1. The van der Waals surface area contributed by atoms with Crippen LogP contribution < -0.4 is 5.32 Å². The molecule has 23 heavy (non-hydrogen) atoms. The van der Waals surface area contributed by atoms with Gasteiger partial charge in [0.15, 0.2) is 10.8 Å². The van der Waals surface area contributed by atoms with Crippen LogP contribution in [0.4, 0.5) is 5.13 Å². The Labute approximate surface area is 137 Å². The van der Waals surface area contributed by atoms with Crippen LogP contribution >= 0.6 is 11.3 Å². The molecule has 0 bridgehead atoms. The average Bonchev–Trinajstić information content (AvgIpc) is 3.08. The maximum absolute atomic E-state index is 12.5. The largest absolute Gasteiger partial charge is 0.296 e. The Bertz CT molecular complexity index is 834.